The maximum absolute atomic E-state index is 12.6. The third kappa shape index (κ3) is 2.83. The van der Waals surface area contributed by atoms with Crippen LogP contribution < -0.4 is 5.32 Å². The molecule has 0 atom stereocenters. The molecule has 0 aliphatic carbocycles. The van der Waals surface area contributed by atoms with E-state index in [2.05, 4.69) is 20.6 Å². The van der Waals surface area contributed by atoms with Crippen molar-refractivity contribution in [3.63, 3.8) is 0 Å². The van der Waals surface area contributed by atoms with Crippen LogP contribution in [0.3, 0.4) is 0 Å². The maximum Gasteiger partial charge on any atom is 0.453 e. The molecule has 10 heteroatoms. The average Bonchev–Trinajstić information content (AvgIpc) is 2.82. The summed E-state index contributed by atoms with van der Waals surface area (Å²) in [4.78, 5) is 11.4. The van der Waals surface area contributed by atoms with Gasteiger partial charge in [-0.15, -0.1) is 10.2 Å². The molecule has 2 aromatic rings. The van der Waals surface area contributed by atoms with E-state index in [4.69, 9.17) is 0 Å². The fourth-order valence-electron chi connectivity index (χ4n) is 1.27. The number of alkyl halides is 3. The van der Waals surface area contributed by atoms with E-state index in [1.807, 2.05) is 0 Å². The Labute approximate surface area is 109 Å². The standard InChI is InChI=1S/C9H10F3N5OS/c1-4(2)6(18)13-3-5-16-17-7(9(10,11)12)14-15-8(17)19-5/h4H,3H2,1-2H3,(H,13,18). The van der Waals surface area contributed by atoms with Crippen molar-refractivity contribution in [3.8, 4) is 0 Å². The second kappa shape index (κ2) is 4.76. The summed E-state index contributed by atoms with van der Waals surface area (Å²) in [5.41, 5.74) is 0. The predicted octanol–water partition coefficient (Wildman–Crippen LogP) is 1.48. The van der Waals surface area contributed by atoms with E-state index in [0.717, 1.165) is 11.3 Å². The lowest BCUT2D eigenvalue weighted by atomic mass is 10.2. The van der Waals surface area contributed by atoms with Crippen molar-refractivity contribution in [3.05, 3.63) is 10.8 Å². The van der Waals surface area contributed by atoms with Gasteiger partial charge in [0.15, 0.2) is 0 Å². The minimum atomic E-state index is -4.61. The summed E-state index contributed by atoms with van der Waals surface area (Å²) in [6.45, 7) is 3.51. The topological polar surface area (TPSA) is 72.2 Å². The first-order valence-electron chi connectivity index (χ1n) is 5.35. The highest BCUT2D eigenvalue weighted by Gasteiger charge is 2.38. The van der Waals surface area contributed by atoms with E-state index in [-0.39, 0.29) is 23.3 Å². The lowest BCUT2D eigenvalue weighted by Crippen LogP contribution is -2.27. The van der Waals surface area contributed by atoms with Crippen molar-refractivity contribution in [2.24, 2.45) is 5.92 Å². The average molecular weight is 293 g/mol. The van der Waals surface area contributed by atoms with Crippen LogP contribution >= 0.6 is 11.3 Å². The van der Waals surface area contributed by atoms with Crippen LogP contribution in [0.25, 0.3) is 4.96 Å². The Bertz CT molecular complexity index is 603. The molecule has 0 fully saturated rings. The molecule has 0 spiro atoms. The van der Waals surface area contributed by atoms with Crippen molar-refractivity contribution >= 4 is 22.2 Å². The van der Waals surface area contributed by atoms with Crippen LogP contribution in [0.1, 0.15) is 24.7 Å². The van der Waals surface area contributed by atoms with Crippen LogP contribution in [0.2, 0.25) is 0 Å². The monoisotopic (exact) mass is 293 g/mol. The van der Waals surface area contributed by atoms with Crippen LogP contribution in [-0.4, -0.2) is 25.7 Å². The van der Waals surface area contributed by atoms with Crippen molar-refractivity contribution < 1.29 is 18.0 Å². The van der Waals surface area contributed by atoms with Gasteiger partial charge in [0.1, 0.15) is 5.01 Å². The molecular weight excluding hydrogens is 283 g/mol. The van der Waals surface area contributed by atoms with E-state index in [0.29, 0.717) is 9.52 Å². The van der Waals surface area contributed by atoms with E-state index in [9.17, 15) is 18.0 Å². The Kier molecular flexibility index (Phi) is 3.43. The lowest BCUT2D eigenvalue weighted by Gasteiger charge is -2.04. The van der Waals surface area contributed by atoms with E-state index in [1.165, 1.54) is 0 Å². The number of nitrogens with one attached hydrogen (secondary N) is 1. The van der Waals surface area contributed by atoms with Crippen molar-refractivity contribution in [1.82, 2.24) is 25.1 Å². The molecule has 104 valence electrons. The molecule has 0 aromatic carbocycles. The van der Waals surface area contributed by atoms with Crippen LogP contribution in [-0.2, 0) is 17.5 Å². The molecule has 2 heterocycles. The van der Waals surface area contributed by atoms with Gasteiger partial charge in [-0.3, -0.25) is 4.79 Å². The minimum absolute atomic E-state index is 0.0427. The number of hydrogen-bond acceptors (Lipinski definition) is 5. The summed E-state index contributed by atoms with van der Waals surface area (Å²) in [5.74, 6) is -1.56. The molecule has 0 saturated heterocycles. The van der Waals surface area contributed by atoms with Crippen LogP contribution in [0.4, 0.5) is 13.2 Å². The highest BCUT2D eigenvalue weighted by atomic mass is 32.1. The first kappa shape index (κ1) is 13.7. The number of aromatic nitrogens is 4. The summed E-state index contributed by atoms with van der Waals surface area (Å²) in [5, 5.41) is 13.1. The normalized spacial score (nSPS) is 12.3. The maximum atomic E-state index is 12.6. The van der Waals surface area contributed by atoms with Crippen LogP contribution in [0.5, 0.6) is 0 Å². The Morgan fingerprint density at radius 2 is 2.11 bits per heavy atom. The summed E-state index contributed by atoms with van der Waals surface area (Å²) in [6, 6.07) is 0. The van der Waals surface area contributed by atoms with Gasteiger partial charge < -0.3 is 5.32 Å². The van der Waals surface area contributed by atoms with Crippen molar-refractivity contribution in [2.75, 3.05) is 0 Å². The van der Waals surface area contributed by atoms with E-state index in [1.54, 1.807) is 13.8 Å². The molecule has 6 nitrogen and oxygen atoms in total. The zero-order valence-electron chi connectivity index (χ0n) is 10.0. The van der Waals surface area contributed by atoms with Gasteiger partial charge in [-0.25, -0.2) is 0 Å². The second-order valence-corrected chi connectivity index (χ2v) is 5.12. The SMILES string of the molecule is CC(C)C(=O)NCc1nn2c(C(F)(F)F)nnc2s1. The first-order valence-corrected chi connectivity index (χ1v) is 6.16. The summed E-state index contributed by atoms with van der Waals surface area (Å²) >= 11 is 0.951. The smallest absolute Gasteiger partial charge is 0.349 e. The third-order valence-electron chi connectivity index (χ3n) is 2.22. The molecule has 0 aliphatic rings. The number of amides is 1. The Balaban J connectivity index is 2.19. The number of fused-ring (bicyclic) bond motifs is 1. The zero-order chi connectivity index (χ0) is 14.2. The number of halogens is 3. The minimum Gasteiger partial charge on any atom is -0.349 e. The van der Waals surface area contributed by atoms with E-state index >= 15 is 0 Å². The number of nitrogens with zero attached hydrogens (tertiary/aromatic N) is 4. The van der Waals surface area contributed by atoms with Gasteiger partial charge >= 0.3 is 6.18 Å². The zero-order valence-corrected chi connectivity index (χ0v) is 10.8. The summed E-state index contributed by atoms with van der Waals surface area (Å²) < 4.78 is 38.3. The van der Waals surface area contributed by atoms with Crippen LogP contribution in [0.15, 0.2) is 0 Å². The Morgan fingerprint density at radius 3 is 2.68 bits per heavy atom. The fraction of sp³-hybridized carbons (Fsp3) is 0.556. The molecule has 0 unspecified atom stereocenters. The molecule has 19 heavy (non-hydrogen) atoms. The van der Waals surface area contributed by atoms with Crippen LogP contribution in [0, 0.1) is 5.92 Å². The number of carbonyl (C=O) groups is 1. The molecular formula is C9H10F3N5OS. The number of rotatable bonds is 3. The summed E-state index contributed by atoms with van der Waals surface area (Å²) in [7, 11) is 0. The predicted molar refractivity (Wildman–Crippen MR) is 60.3 cm³/mol. The van der Waals surface area contributed by atoms with Gasteiger partial charge in [0.2, 0.25) is 10.9 Å². The molecule has 0 aliphatic heterocycles. The Hall–Kier alpha value is -1.71. The molecule has 0 saturated carbocycles. The van der Waals surface area contributed by atoms with E-state index < -0.39 is 12.0 Å². The number of carbonyl (C=O) groups excluding carboxylic acids is 1. The molecule has 0 bridgehead atoms. The highest BCUT2D eigenvalue weighted by molar-refractivity contribution is 7.16. The van der Waals surface area contributed by atoms with Gasteiger partial charge in [0.05, 0.1) is 6.54 Å². The van der Waals surface area contributed by atoms with Gasteiger partial charge in [0, 0.05) is 5.92 Å². The highest BCUT2D eigenvalue weighted by Crippen LogP contribution is 2.28. The molecule has 2 aromatic heterocycles. The van der Waals surface area contributed by atoms with Gasteiger partial charge in [-0.05, 0) is 0 Å². The van der Waals surface area contributed by atoms with Crippen molar-refractivity contribution in [2.45, 2.75) is 26.6 Å². The second-order valence-electron chi connectivity index (χ2n) is 4.08. The van der Waals surface area contributed by atoms with Gasteiger partial charge in [0.25, 0.3) is 5.82 Å². The Morgan fingerprint density at radius 1 is 1.42 bits per heavy atom. The quantitative estimate of drug-likeness (QED) is 0.930. The van der Waals surface area contributed by atoms with Gasteiger partial charge in [-0.1, -0.05) is 25.2 Å². The lowest BCUT2D eigenvalue weighted by molar-refractivity contribution is -0.146. The molecule has 2 rings (SSSR count). The summed E-state index contributed by atoms with van der Waals surface area (Å²) in [6.07, 6.45) is -4.61. The fourth-order valence-corrected chi connectivity index (χ4v) is 2.04. The molecule has 0 radical (unpaired) electrons. The van der Waals surface area contributed by atoms with Crippen molar-refractivity contribution in [1.29, 1.82) is 0 Å². The molecule has 1 amide bonds. The largest absolute Gasteiger partial charge is 0.453 e. The number of hydrogen-bond donors (Lipinski definition) is 1. The first-order chi connectivity index (χ1) is 8.79. The van der Waals surface area contributed by atoms with Gasteiger partial charge in [-0.2, -0.15) is 22.8 Å². The third-order valence-corrected chi connectivity index (χ3v) is 3.12. The molecule has 1 N–H and O–H groups in total.